The maximum absolute atomic E-state index is 4.32. The van der Waals surface area contributed by atoms with E-state index in [2.05, 4.69) is 132 Å². The molecule has 0 spiro atoms. The third-order valence-electron chi connectivity index (χ3n) is 7.56. The zero-order valence-electron chi connectivity index (χ0n) is 22.6. The molecule has 186 valence electrons. The predicted molar refractivity (Wildman–Crippen MR) is 166 cm³/mol. The van der Waals surface area contributed by atoms with Crippen molar-refractivity contribution >= 4 is 17.7 Å². The van der Waals surface area contributed by atoms with Crippen molar-refractivity contribution in [1.29, 1.82) is 0 Å². The Morgan fingerprint density at radius 3 is 2.34 bits per heavy atom. The molecular weight excluding hydrogens is 456 g/mol. The maximum Gasteiger partial charge on any atom is -0.000728 e. The summed E-state index contributed by atoms with van der Waals surface area (Å²) in [6.45, 7) is 18.7. The summed E-state index contributed by atoms with van der Waals surface area (Å²) >= 11 is 0. The van der Waals surface area contributed by atoms with Crippen LogP contribution >= 0.6 is 0 Å². The van der Waals surface area contributed by atoms with Gasteiger partial charge in [-0.1, -0.05) is 116 Å². The lowest BCUT2D eigenvalue weighted by Gasteiger charge is -2.12. The fourth-order valence-electron chi connectivity index (χ4n) is 5.59. The molecule has 0 saturated heterocycles. The van der Waals surface area contributed by atoms with E-state index in [1.807, 2.05) is 12.2 Å². The van der Waals surface area contributed by atoms with Gasteiger partial charge in [0.15, 0.2) is 0 Å². The molecule has 0 atom stereocenters. The molecule has 0 aromatic heterocycles. The van der Waals surface area contributed by atoms with Crippen LogP contribution in [0.15, 0.2) is 122 Å². The van der Waals surface area contributed by atoms with E-state index in [0.717, 1.165) is 22.8 Å². The molecule has 38 heavy (non-hydrogen) atoms. The van der Waals surface area contributed by atoms with Crippen molar-refractivity contribution in [1.82, 2.24) is 0 Å². The standard InChI is InChI=1S/C38H34/c1-7-12-34(33-20-17-25(4)21-27(33)6)30-14-10-13-28(22-30)29-18-19-31-24-38-35(32(9-3)26(5)8-2)15-11-16-36(38)37(31)23-29/h7-23H,2-3,6,24H2,1,4-5H3/b12-7?,32-26+,34-33+. The van der Waals surface area contributed by atoms with Crippen LogP contribution in [0.3, 0.4) is 0 Å². The number of rotatable bonds is 6. The van der Waals surface area contributed by atoms with Crippen LogP contribution < -0.4 is 10.4 Å². The van der Waals surface area contributed by atoms with E-state index in [9.17, 15) is 0 Å². The van der Waals surface area contributed by atoms with E-state index < -0.39 is 0 Å². The summed E-state index contributed by atoms with van der Waals surface area (Å²) in [6.07, 6.45) is 9.09. The molecule has 0 aliphatic heterocycles. The summed E-state index contributed by atoms with van der Waals surface area (Å²) in [4.78, 5) is 0. The Labute approximate surface area is 227 Å². The van der Waals surface area contributed by atoms with E-state index in [1.165, 1.54) is 60.9 Å². The minimum Gasteiger partial charge on any atom is -0.0988 e. The topological polar surface area (TPSA) is 0 Å². The predicted octanol–water partition coefficient (Wildman–Crippen LogP) is 8.56. The third-order valence-corrected chi connectivity index (χ3v) is 7.56. The van der Waals surface area contributed by atoms with E-state index in [-0.39, 0.29) is 0 Å². The maximum atomic E-state index is 4.32. The third kappa shape index (κ3) is 4.55. The smallest absolute Gasteiger partial charge is 0.000728 e. The van der Waals surface area contributed by atoms with Crippen molar-refractivity contribution in [2.45, 2.75) is 27.2 Å². The van der Waals surface area contributed by atoms with Crippen molar-refractivity contribution in [3.05, 3.63) is 160 Å². The summed E-state index contributed by atoms with van der Waals surface area (Å²) in [5.41, 5.74) is 15.0. The van der Waals surface area contributed by atoms with Gasteiger partial charge in [0.05, 0.1) is 0 Å². The molecule has 0 heteroatoms. The normalized spacial score (nSPS) is 13.6. The molecule has 0 amide bonds. The molecule has 0 heterocycles. The molecule has 4 aromatic rings. The van der Waals surface area contributed by atoms with E-state index >= 15 is 0 Å². The van der Waals surface area contributed by atoms with Gasteiger partial charge >= 0.3 is 0 Å². The van der Waals surface area contributed by atoms with Gasteiger partial charge in [0.2, 0.25) is 0 Å². The second kappa shape index (κ2) is 10.5. The van der Waals surface area contributed by atoms with Crippen LogP contribution in [0, 0.1) is 6.92 Å². The minimum atomic E-state index is 0.932. The molecule has 0 nitrogen and oxygen atoms in total. The monoisotopic (exact) mass is 490 g/mol. The lowest BCUT2D eigenvalue weighted by atomic mass is 9.92. The minimum absolute atomic E-state index is 0.932. The van der Waals surface area contributed by atoms with Crippen LogP contribution in [0.25, 0.3) is 40.0 Å². The van der Waals surface area contributed by atoms with E-state index in [4.69, 9.17) is 0 Å². The van der Waals surface area contributed by atoms with Crippen LogP contribution in [0.2, 0.25) is 0 Å². The second-order valence-corrected chi connectivity index (χ2v) is 10.0. The van der Waals surface area contributed by atoms with Crippen LogP contribution in [0.4, 0.5) is 0 Å². The molecule has 1 aliphatic carbocycles. The highest BCUT2D eigenvalue weighted by Gasteiger charge is 2.22. The van der Waals surface area contributed by atoms with Gasteiger partial charge in [0.1, 0.15) is 0 Å². The van der Waals surface area contributed by atoms with Crippen molar-refractivity contribution in [2.75, 3.05) is 0 Å². The molecule has 0 bridgehead atoms. The number of hydrogen-bond acceptors (Lipinski definition) is 0. The highest BCUT2D eigenvalue weighted by atomic mass is 14.3. The molecular formula is C38H34. The summed E-state index contributed by atoms with van der Waals surface area (Å²) in [6, 6.07) is 28.9. The first-order valence-electron chi connectivity index (χ1n) is 13.2. The molecule has 0 radical (unpaired) electrons. The van der Waals surface area contributed by atoms with Gasteiger partial charge in [-0.3, -0.25) is 0 Å². The second-order valence-electron chi connectivity index (χ2n) is 10.0. The first-order chi connectivity index (χ1) is 18.4. The highest BCUT2D eigenvalue weighted by Crippen LogP contribution is 2.42. The van der Waals surface area contributed by atoms with Crippen LogP contribution in [0.5, 0.6) is 0 Å². The average molecular weight is 491 g/mol. The van der Waals surface area contributed by atoms with Gasteiger partial charge in [-0.25, -0.2) is 0 Å². The largest absolute Gasteiger partial charge is 0.0988 e. The van der Waals surface area contributed by atoms with Crippen molar-refractivity contribution in [3.63, 3.8) is 0 Å². The number of benzene rings is 4. The van der Waals surface area contributed by atoms with Crippen molar-refractivity contribution in [3.8, 4) is 22.3 Å². The Hall–Kier alpha value is -4.42. The lowest BCUT2D eigenvalue weighted by molar-refractivity contribution is 1.25. The summed E-state index contributed by atoms with van der Waals surface area (Å²) in [7, 11) is 0. The summed E-state index contributed by atoms with van der Waals surface area (Å²) < 4.78 is 0. The molecule has 0 N–H and O–H groups in total. The Balaban J connectivity index is 1.63. The van der Waals surface area contributed by atoms with Crippen LogP contribution in [0.1, 0.15) is 41.7 Å². The van der Waals surface area contributed by atoms with Gasteiger partial charge in [0.25, 0.3) is 0 Å². The van der Waals surface area contributed by atoms with Crippen molar-refractivity contribution in [2.24, 2.45) is 0 Å². The zero-order valence-corrected chi connectivity index (χ0v) is 22.6. The molecule has 0 fully saturated rings. The van der Waals surface area contributed by atoms with E-state index in [1.54, 1.807) is 0 Å². The van der Waals surface area contributed by atoms with Gasteiger partial charge in [-0.2, -0.15) is 0 Å². The summed E-state index contributed by atoms with van der Waals surface area (Å²) in [5.74, 6) is 0. The SMILES string of the molecule is C=C/C(C)=C(\C=C)c1cccc2c1Cc1ccc(-c3cccc(/C(C=CC)=c4\ccc(C)cc4=C)c3)cc1-2. The number of allylic oxidation sites excluding steroid dienone is 6. The van der Waals surface area contributed by atoms with Gasteiger partial charge in [-0.05, 0) is 111 Å². The van der Waals surface area contributed by atoms with E-state index in [0.29, 0.717) is 0 Å². The Morgan fingerprint density at radius 2 is 1.61 bits per heavy atom. The number of aryl methyl sites for hydroxylation is 1. The molecule has 0 saturated carbocycles. The average Bonchev–Trinajstić information content (AvgIpc) is 3.31. The number of hydrogen-bond donors (Lipinski definition) is 0. The molecule has 1 aliphatic rings. The number of fused-ring (bicyclic) bond motifs is 3. The fourth-order valence-corrected chi connectivity index (χ4v) is 5.59. The first kappa shape index (κ1) is 25.2. The molecule has 0 unspecified atom stereocenters. The quantitative estimate of drug-likeness (QED) is 0.209. The van der Waals surface area contributed by atoms with Gasteiger partial charge < -0.3 is 0 Å². The fraction of sp³-hybridized carbons (Fsp3) is 0.105. The highest BCUT2D eigenvalue weighted by molar-refractivity contribution is 5.89. The molecule has 5 rings (SSSR count). The van der Waals surface area contributed by atoms with Crippen LogP contribution in [-0.4, -0.2) is 0 Å². The van der Waals surface area contributed by atoms with Gasteiger partial charge in [-0.15, -0.1) is 0 Å². The zero-order chi connectivity index (χ0) is 26.8. The Morgan fingerprint density at radius 1 is 0.816 bits per heavy atom. The molecule has 4 aromatic carbocycles. The first-order valence-corrected chi connectivity index (χ1v) is 13.2. The summed E-state index contributed by atoms with van der Waals surface area (Å²) in [5, 5.41) is 2.22. The Bertz CT molecular complexity index is 1750. The van der Waals surface area contributed by atoms with Crippen molar-refractivity contribution < 1.29 is 0 Å². The van der Waals surface area contributed by atoms with Crippen LogP contribution in [-0.2, 0) is 6.42 Å². The van der Waals surface area contributed by atoms with Gasteiger partial charge in [0, 0.05) is 0 Å². The Kier molecular flexibility index (Phi) is 6.99. The lowest BCUT2D eigenvalue weighted by Crippen LogP contribution is -2.25.